The van der Waals surface area contributed by atoms with Crippen molar-refractivity contribution in [3.63, 3.8) is 0 Å². The van der Waals surface area contributed by atoms with Crippen LogP contribution in [0.5, 0.6) is 5.75 Å². The highest BCUT2D eigenvalue weighted by Gasteiger charge is 2.21. The SMILES string of the molecule is Cc1cc(C)nc(-n2nc(C)c(CC(=O)NC(COc3ccccc3F)c3ccccc3)c2C)n1. The van der Waals surface area contributed by atoms with Gasteiger partial charge in [-0.05, 0) is 51.5 Å². The summed E-state index contributed by atoms with van der Waals surface area (Å²) in [5.41, 5.74) is 4.91. The van der Waals surface area contributed by atoms with Crippen molar-refractivity contribution in [3.8, 4) is 11.7 Å². The Hall–Kier alpha value is -4.07. The molecule has 8 heteroatoms. The van der Waals surface area contributed by atoms with Crippen molar-refractivity contribution in [1.29, 1.82) is 0 Å². The molecule has 2 aromatic carbocycles. The van der Waals surface area contributed by atoms with Crippen LogP contribution in [-0.4, -0.2) is 32.3 Å². The van der Waals surface area contributed by atoms with Crippen LogP contribution in [0.25, 0.3) is 5.95 Å². The molecule has 1 N–H and O–H groups in total. The Morgan fingerprint density at radius 1 is 1.00 bits per heavy atom. The summed E-state index contributed by atoms with van der Waals surface area (Å²) < 4.78 is 21.4. The Balaban J connectivity index is 1.53. The second kappa shape index (κ2) is 10.5. The standard InChI is InChI=1S/C27H28FN5O2/c1-17-14-18(2)30-27(29-17)33-20(4)22(19(3)32-33)15-26(34)31-24(21-10-6-5-7-11-21)16-35-25-13-9-8-12-23(25)28/h5-14,24H,15-16H2,1-4H3,(H,31,34). The number of ether oxygens (including phenoxy) is 1. The third-order valence-corrected chi connectivity index (χ3v) is 5.72. The zero-order chi connectivity index (χ0) is 24.9. The molecule has 1 unspecified atom stereocenters. The maximum absolute atomic E-state index is 14.0. The van der Waals surface area contributed by atoms with Crippen molar-refractivity contribution in [2.75, 3.05) is 6.61 Å². The van der Waals surface area contributed by atoms with Gasteiger partial charge < -0.3 is 10.1 Å². The largest absolute Gasteiger partial charge is 0.488 e. The van der Waals surface area contributed by atoms with Crippen LogP contribution in [0.2, 0.25) is 0 Å². The zero-order valence-corrected chi connectivity index (χ0v) is 20.2. The average molecular weight is 474 g/mol. The predicted octanol–water partition coefficient (Wildman–Crippen LogP) is 4.51. The minimum atomic E-state index is -0.457. The van der Waals surface area contributed by atoms with E-state index in [9.17, 15) is 9.18 Å². The molecular weight excluding hydrogens is 445 g/mol. The highest BCUT2D eigenvalue weighted by atomic mass is 19.1. The van der Waals surface area contributed by atoms with Gasteiger partial charge >= 0.3 is 0 Å². The fourth-order valence-corrected chi connectivity index (χ4v) is 3.97. The second-order valence-electron chi connectivity index (χ2n) is 8.46. The first-order chi connectivity index (χ1) is 16.8. The van der Waals surface area contributed by atoms with Crippen LogP contribution in [0, 0.1) is 33.5 Å². The number of carbonyl (C=O) groups excluding carboxylic acids is 1. The number of halogens is 1. The molecule has 1 atom stereocenters. The number of amides is 1. The van der Waals surface area contributed by atoms with Gasteiger partial charge in [0.25, 0.3) is 5.95 Å². The van der Waals surface area contributed by atoms with Gasteiger partial charge in [0.05, 0.1) is 18.2 Å². The Morgan fingerprint density at radius 3 is 2.34 bits per heavy atom. The second-order valence-corrected chi connectivity index (χ2v) is 8.46. The topological polar surface area (TPSA) is 81.9 Å². The highest BCUT2D eigenvalue weighted by Crippen LogP contribution is 2.21. The normalized spacial score (nSPS) is 11.8. The number of nitrogens with one attached hydrogen (secondary N) is 1. The van der Waals surface area contributed by atoms with Crippen LogP contribution in [-0.2, 0) is 11.2 Å². The molecule has 4 rings (SSSR count). The number of carbonyl (C=O) groups is 1. The smallest absolute Gasteiger partial charge is 0.251 e. The van der Waals surface area contributed by atoms with E-state index in [2.05, 4.69) is 20.4 Å². The van der Waals surface area contributed by atoms with E-state index in [-0.39, 0.29) is 24.7 Å². The first-order valence-corrected chi connectivity index (χ1v) is 11.4. The zero-order valence-electron chi connectivity index (χ0n) is 20.2. The summed E-state index contributed by atoms with van der Waals surface area (Å²) in [5, 5.41) is 7.62. The van der Waals surface area contributed by atoms with Gasteiger partial charge in [0.1, 0.15) is 6.61 Å². The van der Waals surface area contributed by atoms with Crippen molar-refractivity contribution in [1.82, 2.24) is 25.1 Å². The molecule has 0 bridgehead atoms. The number of benzene rings is 2. The lowest BCUT2D eigenvalue weighted by molar-refractivity contribution is -0.121. The van der Waals surface area contributed by atoms with Crippen LogP contribution in [0.15, 0.2) is 60.7 Å². The Morgan fingerprint density at radius 2 is 1.66 bits per heavy atom. The Labute approximate surface area is 204 Å². The van der Waals surface area contributed by atoms with Gasteiger partial charge in [0.15, 0.2) is 11.6 Å². The van der Waals surface area contributed by atoms with Gasteiger partial charge in [0, 0.05) is 22.6 Å². The molecule has 0 radical (unpaired) electrons. The van der Waals surface area contributed by atoms with E-state index < -0.39 is 11.9 Å². The maximum Gasteiger partial charge on any atom is 0.251 e. The van der Waals surface area contributed by atoms with E-state index in [1.807, 2.05) is 64.1 Å². The molecule has 7 nitrogen and oxygen atoms in total. The number of nitrogens with zero attached hydrogens (tertiary/aromatic N) is 4. The number of rotatable bonds is 8. The number of aromatic nitrogens is 4. The molecule has 2 heterocycles. The van der Waals surface area contributed by atoms with E-state index >= 15 is 0 Å². The summed E-state index contributed by atoms with van der Waals surface area (Å²) in [4.78, 5) is 22.1. The van der Waals surface area contributed by atoms with E-state index in [4.69, 9.17) is 4.74 Å². The summed E-state index contributed by atoms with van der Waals surface area (Å²) in [5.74, 6) is -0.0136. The van der Waals surface area contributed by atoms with Crippen molar-refractivity contribution >= 4 is 5.91 Å². The summed E-state index contributed by atoms with van der Waals surface area (Å²) in [6.45, 7) is 7.67. The molecule has 0 saturated carbocycles. The summed E-state index contributed by atoms with van der Waals surface area (Å²) in [6.07, 6.45) is 0.130. The monoisotopic (exact) mass is 473 g/mol. The molecule has 180 valence electrons. The van der Waals surface area contributed by atoms with Crippen molar-refractivity contribution in [2.45, 2.75) is 40.2 Å². The van der Waals surface area contributed by atoms with E-state index in [1.165, 1.54) is 6.07 Å². The van der Waals surface area contributed by atoms with Crippen molar-refractivity contribution in [3.05, 3.63) is 100 Å². The molecule has 2 aromatic heterocycles. The lowest BCUT2D eigenvalue weighted by Gasteiger charge is -2.20. The summed E-state index contributed by atoms with van der Waals surface area (Å²) in [7, 11) is 0. The van der Waals surface area contributed by atoms with Gasteiger partial charge in [0.2, 0.25) is 5.91 Å². The maximum atomic E-state index is 14.0. The Kier molecular flexibility index (Phi) is 7.19. The van der Waals surface area contributed by atoms with Crippen LogP contribution in [0.4, 0.5) is 4.39 Å². The molecule has 0 fully saturated rings. The lowest BCUT2D eigenvalue weighted by atomic mass is 10.1. The molecule has 35 heavy (non-hydrogen) atoms. The van der Waals surface area contributed by atoms with Gasteiger partial charge in [-0.3, -0.25) is 4.79 Å². The van der Waals surface area contributed by atoms with E-state index in [0.29, 0.717) is 5.95 Å². The minimum absolute atomic E-state index is 0.0876. The van der Waals surface area contributed by atoms with Gasteiger partial charge in [-0.2, -0.15) is 5.10 Å². The van der Waals surface area contributed by atoms with Crippen LogP contribution >= 0.6 is 0 Å². The third-order valence-electron chi connectivity index (χ3n) is 5.72. The average Bonchev–Trinajstić information content (AvgIpc) is 3.11. The van der Waals surface area contributed by atoms with E-state index in [0.717, 1.165) is 33.9 Å². The lowest BCUT2D eigenvalue weighted by Crippen LogP contribution is -2.33. The van der Waals surface area contributed by atoms with Crippen LogP contribution in [0.1, 0.15) is 39.9 Å². The van der Waals surface area contributed by atoms with Gasteiger partial charge in [-0.1, -0.05) is 42.5 Å². The molecule has 4 aromatic rings. The minimum Gasteiger partial charge on any atom is -0.488 e. The third kappa shape index (κ3) is 5.71. The number of hydrogen-bond acceptors (Lipinski definition) is 5. The summed E-state index contributed by atoms with van der Waals surface area (Å²) >= 11 is 0. The number of para-hydroxylation sites is 1. The van der Waals surface area contributed by atoms with Gasteiger partial charge in [-0.25, -0.2) is 19.0 Å². The summed E-state index contributed by atoms with van der Waals surface area (Å²) in [6, 6.07) is 17.1. The van der Waals surface area contributed by atoms with Crippen LogP contribution < -0.4 is 10.1 Å². The molecule has 0 saturated heterocycles. The van der Waals surface area contributed by atoms with Crippen molar-refractivity contribution < 1.29 is 13.9 Å². The molecule has 0 aliphatic rings. The first-order valence-electron chi connectivity index (χ1n) is 11.4. The quantitative estimate of drug-likeness (QED) is 0.407. The number of aryl methyl sites for hydroxylation is 3. The molecule has 0 aliphatic carbocycles. The predicted molar refractivity (Wildman–Crippen MR) is 131 cm³/mol. The number of hydrogen-bond donors (Lipinski definition) is 1. The highest BCUT2D eigenvalue weighted by molar-refractivity contribution is 5.79. The first kappa shape index (κ1) is 24.1. The van der Waals surface area contributed by atoms with Gasteiger partial charge in [-0.15, -0.1) is 0 Å². The molecule has 1 amide bonds. The Bertz CT molecular complexity index is 1320. The van der Waals surface area contributed by atoms with Crippen LogP contribution in [0.3, 0.4) is 0 Å². The molecule has 0 aliphatic heterocycles. The van der Waals surface area contributed by atoms with E-state index in [1.54, 1.807) is 22.9 Å². The molecule has 0 spiro atoms. The fourth-order valence-electron chi connectivity index (χ4n) is 3.97. The fraction of sp³-hybridized carbons (Fsp3) is 0.259. The molecular formula is C27H28FN5O2. The van der Waals surface area contributed by atoms with Crippen molar-refractivity contribution in [2.24, 2.45) is 0 Å².